The number of nitrogens with one attached hydrogen (secondary N) is 1. The van der Waals surface area contributed by atoms with Crippen molar-refractivity contribution in [1.29, 1.82) is 0 Å². The monoisotopic (exact) mass is 363 g/mol. The number of hydrogen-bond donors (Lipinski definition) is 3. The number of carbonyl (C=O) groups is 1. The molecule has 0 heterocycles. The van der Waals surface area contributed by atoms with Gasteiger partial charge in [-0.25, -0.2) is 10.4 Å². The van der Waals surface area contributed by atoms with E-state index in [1.807, 2.05) is 7.05 Å². The molecule has 0 aliphatic heterocycles. The van der Waals surface area contributed by atoms with Gasteiger partial charge in [-0.2, -0.15) is 0 Å². The van der Waals surface area contributed by atoms with E-state index in [0.29, 0.717) is 13.0 Å². The summed E-state index contributed by atoms with van der Waals surface area (Å²) in [5.41, 5.74) is 14.0. The fraction of sp³-hybridized carbons (Fsp3) is 0.882. The highest BCUT2D eigenvalue weighted by atomic mass is 16.2. The van der Waals surface area contributed by atoms with Gasteiger partial charge in [-0.3, -0.25) is 14.7 Å². The summed E-state index contributed by atoms with van der Waals surface area (Å²) in [6.45, 7) is 7.23. The van der Waals surface area contributed by atoms with Crippen molar-refractivity contribution in [3.63, 3.8) is 0 Å². The van der Waals surface area contributed by atoms with Gasteiger partial charge in [0.1, 0.15) is 6.04 Å². The molecule has 0 aliphatic rings. The van der Waals surface area contributed by atoms with Crippen molar-refractivity contribution in [3.05, 3.63) is 0 Å². The molecule has 0 aromatic carbocycles. The van der Waals surface area contributed by atoms with Crippen LogP contribution in [-0.4, -0.2) is 80.2 Å². The maximum atomic E-state index is 12.3. The Morgan fingerprint density at radius 2 is 1.64 bits per heavy atom. The zero-order valence-electron chi connectivity index (χ0n) is 14.7. The molecule has 25 heavy (non-hydrogen) atoms. The quantitative estimate of drug-likeness (QED) is 0.167. The van der Waals surface area contributed by atoms with Crippen LogP contribution in [0.5, 0.6) is 0 Å². The first-order valence-corrected chi connectivity index (χ1v) is 7.77. The molecule has 0 aromatic heterocycles. The van der Waals surface area contributed by atoms with Crippen molar-refractivity contribution >= 4 is 11.9 Å². The molecule has 1 amide bonds. The van der Waals surface area contributed by atoms with Crippen LogP contribution in [0.15, 0.2) is 4.99 Å². The second kappa shape index (κ2) is 17.4. The first kappa shape index (κ1) is 31.4. The molecule has 0 aliphatic carbocycles. The topological polar surface area (TPSA) is 103 Å². The Hall–Kier alpha value is -1.38. The van der Waals surface area contributed by atoms with Gasteiger partial charge in [-0.05, 0) is 26.4 Å². The van der Waals surface area contributed by atoms with E-state index in [1.54, 1.807) is 19.0 Å². The Labute approximate surface area is 156 Å². The van der Waals surface area contributed by atoms with Crippen LogP contribution >= 0.6 is 0 Å². The molecule has 0 rings (SSSR count). The van der Waals surface area contributed by atoms with Crippen LogP contribution in [0.2, 0.25) is 0 Å². The number of likely N-dealkylation sites (N-methyl/N-ethyl adjacent to an activating group) is 1. The van der Waals surface area contributed by atoms with Crippen molar-refractivity contribution in [2.45, 2.75) is 55.0 Å². The summed E-state index contributed by atoms with van der Waals surface area (Å²) in [4.78, 5) is 20.1. The van der Waals surface area contributed by atoms with Gasteiger partial charge in [-0.1, -0.05) is 36.1 Å². The first-order valence-electron chi connectivity index (χ1n) is 7.77. The Bertz CT molecular complexity index is 344. The van der Waals surface area contributed by atoms with E-state index < -0.39 is 0 Å². The van der Waals surface area contributed by atoms with E-state index in [4.69, 9.17) is 11.5 Å². The first-order chi connectivity index (χ1) is 10.3. The normalized spacial score (nSPS) is 11.0. The zero-order chi connectivity index (χ0) is 17.1. The van der Waals surface area contributed by atoms with Crippen molar-refractivity contribution in [2.75, 3.05) is 47.4 Å². The minimum Gasteiger partial charge on any atom is -0.370 e. The fourth-order valence-electron chi connectivity index (χ4n) is 1.90. The number of hydrazine groups is 1. The number of aliphatic imine (C=N–C) groups is 1. The lowest BCUT2D eigenvalue weighted by Crippen LogP contribution is -2.54. The van der Waals surface area contributed by atoms with Crippen molar-refractivity contribution < 1.29 is 4.79 Å². The smallest absolute Gasteiger partial charge is 0.240 e. The van der Waals surface area contributed by atoms with Crippen LogP contribution in [0.1, 0.15) is 49.0 Å². The summed E-state index contributed by atoms with van der Waals surface area (Å²) in [5, 5.41) is 2.05. The summed E-state index contributed by atoms with van der Waals surface area (Å²) in [5.74, 6) is 0.144. The van der Waals surface area contributed by atoms with E-state index in [1.165, 1.54) is 0 Å². The van der Waals surface area contributed by atoms with E-state index >= 15 is 0 Å². The lowest BCUT2D eigenvalue weighted by molar-refractivity contribution is -0.133. The van der Waals surface area contributed by atoms with Crippen LogP contribution in [0, 0.1) is 0 Å². The third-order valence-corrected chi connectivity index (χ3v) is 3.36. The number of nitrogens with zero attached hydrogens (tertiary/aromatic N) is 4. The lowest BCUT2D eigenvalue weighted by atomic mass is 10.1. The van der Waals surface area contributed by atoms with Crippen molar-refractivity contribution in [2.24, 2.45) is 16.5 Å². The number of nitrogens with two attached hydrogens (primary N) is 2. The van der Waals surface area contributed by atoms with Gasteiger partial charge in [0, 0.05) is 27.2 Å². The predicted molar refractivity (Wildman–Crippen MR) is 111 cm³/mol. The molecule has 0 bridgehead atoms. The van der Waals surface area contributed by atoms with Gasteiger partial charge in [-0.15, -0.1) is 0 Å². The molecule has 8 heteroatoms. The lowest BCUT2D eigenvalue weighted by Gasteiger charge is -2.31. The molecule has 0 unspecified atom stereocenters. The van der Waals surface area contributed by atoms with Gasteiger partial charge in [0.25, 0.3) is 0 Å². The summed E-state index contributed by atoms with van der Waals surface area (Å²) >= 11 is 0. The maximum Gasteiger partial charge on any atom is 0.240 e. The van der Waals surface area contributed by atoms with E-state index in [0.717, 1.165) is 26.2 Å². The predicted octanol–water partition coefficient (Wildman–Crippen LogP) is 1.14. The van der Waals surface area contributed by atoms with Crippen LogP contribution in [0.25, 0.3) is 0 Å². The molecule has 5 N–H and O–H groups in total. The average Bonchev–Trinajstić information content (AvgIpc) is 2.47. The molecular formula is C17H45N7O. The summed E-state index contributed by atoms with van der Waals surface area (Å²) < 4.78 is 0. The minimum absolute atomic E-state index is 0. The summed E-state index contributed by atoms with van der Waals surface area (Å²) in [6.07, 6.45) is 1.43. The van der Waals surface area contributed by atoms with Crippen LogP contribution in [0.4, 0.5) is 0 Å². The maximum absolute atomic E-state index is 12.3. The Kier molecular flexibility index (Phi) is 21.9. The largest absolute Gasteiger partial charge is 0.370 e. The Balaban J connectivity index is -0.000000735. The number of guanidine groups is 1. The average molecular weight is 364 g/mol. The number of rotatable bonds is 11. The van der Waals surface area contributed by atoms with E-state index in [-0.39, 0.29) is 40.2 Å². The number of amides is 1. The van der Waals surface area contributed by atoms with E-state index in [9.17, 15) is 4.79 Å². The van der Waals surface area contributed by atoms with Gasteiger partial charge >= 0.3 is 0 Å². The highest BCUT2D eigenvalue weighted by Crippen LogP contribution is 2.03. The highest BCUT2D eigenvalue weighted by Gasteiger charge is 2.22. The third-order valence-electron chi connectivity index (χ3n) is 3.36. The van der Waals surface area contributed by atoms with Gasteiger partial charge < -0.3 is 16.4 Å². The second-order valence-corrected chi connectivity index (χ2v) is 5.53. The van der Waals surface area contributed by atoms with Crippen LogP contribution in [-0.2, 0) is 4.79 Å². The molecule has 0 spiro atoms. The molecule has 1 atom stereocenters. The molecule has 0 saturated carbocycles. The fourth-order valence-corrected chi connectivity index (χ4v) is 1.90. The second-order valence-electron chi connectivity index (χ2n) is 5.53. The highest BCUT2D eigenvalue weighted by molar-refractivity contribution is 5.81. The standard InChI is InChI=1S/C14H33N7O.3CH4/c1-6-20(5)11-21(7-2)18-12(13(22)19(3)4)9-8-10-17-14(15)16;;;/h12,18H,6-11H2,1-5H3,(H4,15,16,17);3*1H4/t12-;;;/m0.../s1. The molecule has 0 fully saturated rings. The zero-order valence-corrected chi connectivity index (χ0v) is 14.7. The van der Waals surface area contributed by atoms with Crippen LogP contribution < -0.4 is 16.9 Å². The molecular weight excluding hydrogens is 318 g/mol. The minimum atomic E-state index is -0.269. The van der Waals surface area contributed by atoms with Crippen molar-refractivity contribution in [1.82, 2.24) is 20.2 Å². The summed E-state index contributed by atoms with van der Waals surface area (Å²) in [6, 6.07) is -0.269. The molecule has 0 saturated heterocycles. The number of hydrogen-bond acceptors (Lipinski definition) is 5. The third kappa shape index (κ3) is 14.7. The molecule has 0 aromatic rings. The van der Waals surface area contributed by atoms with Gasteiger partial charge in [0.15, 0.2) is 5.96 Å². The van der Waals surface area contributed by atoms with Gasteiger partial charge in [0.2, 0.25) is 5.91 Å². The van der Waals surface area contributed by atoms with Gasteiger partial charge in [0.05, 0.1) is 6.67 Å². The van der Waals surface area contributed by atoms with E-state index in [2.05, 4.69) is 34.2 Å². The molecule has 0 radical (unpaired) electrons. The van der Waals surface area contributed by atoms with Crippen molar-refractivity contribution in [3.8, 4) is 0 Å². The SMILES string of the molecule is C.C.C.CCN(C)CN(CC)N[C@@H](CCCN=C(N)N)C(=O)N(C)C. The Morgan fingerprint density at radius 3 is 2.04 bits per heavy atom. The number of carbonyl (C=O) groups excluding carboxylic acids is 1. The molecule has 154 valence electrons. The Morgan fingerprint density at radius 1 is 1.08 bits per heavy atom. The summed E-state index contributed by atoms with van der Waals surface area (Å²) in [7, 11) is 5.58. The van der Waals surface area contributed by atoms with Crippen LogP contribution in [0.3, 0.4) is 0 Å². The molecule has 8 nitrogen and oxygen atoms in total.